The van der Waals surface area contributed by atoms with Gasteiger partial charge in [-0.05, 0) is 43.2 Å². The highest BCUT2D eigenvalue weighted by Crippen LogP contribution is 2.15. The molecule has 0 bridgehead atoms. The van der Waals surface area contributed by atoms with E-state index >= 15 is 0 Å². The summed E-state index contributed by atoms with van der Waals surface area (Å²) >= 11 is 0. The number of carboxylic acid groups (broad SMARTS) is 1. The third-order valence-electron chi connectivity index (χ3n) is 3.69. The van der Waals surface area contributed by atoms with E-state index in [9.17, 15) is 18.8 Å². The van der Waals surface area contributed by atoms with Gasteiger partial charge in [-0.3, -0.25) is 14.4 Å². The third-order valence-corrected chi connectivity index (χ3v) is 3.69. The zero-order chi connectivity index (χ0) is 18.9. The van der Waals surface area contributed by atoms with E-state index in [1.807, 2.05) is 0 Å². The smallest absolute Gasteiger partial charge is 0.303 e. The average Bonchev–Trinajstić information content (AvgIpc) is 2.60. The number of aliphatic carboxylic acids is 1. The molecule has 0 aliphatic heterocycles. The van der Waals surface area contributed by atoms with Crippen molar-refractivity contribution in [3.63, 3.8) is 0 Å². The van der Waals surface area contributed by atoms with Crippen molar-refractivity contribution >= 4 is 11.9 Å². The fourth-order valence-electron chi connectivity index (χ4n) is 2.33. The van der Waals surface area contributed by atoms with Crippen LogP contribution in [0.4, 0.5) is 4.39 Å². The molecular formula is C18H20FN3O4. The van der Waals surface area contributed by atoms with Crippen LogP contribution in [-0.4, -0.2) is 33.3 Å². The summed E-state index contributed by atoms with van der Waals surface area (Å²) in [4.78, 5) is 34.2. The number of unbranched alkanes of at least 4 members (excludes halogenated alkanes) is 2. The molecule has 138 valence electrons. The molecule has 1 aromatic heterocycles. The number of hydrogen-bond donors (Lipinski definition) is 2. The molecule has 2 rings (SSSR count). The van der Waals surface area contributed by atoms with Gasteiger partial charge in [0.2, 0.25) is 5.91 Å². The van der Waals surface area contributed by atoms with E-state index < -0.39 is 11.5 Å². The molecule has 0 aliphatic rings. The zero-order valence-electron chi connectivity index (χ0n) is 14.2. The fraction of sp³-hybridized carbons (Fsp3) is 0.333. The summed E-state index contributed by atoms with van der Waals surface area (Å²) in [5.41, 5.74) is 0.692. The molecule has 2 N–H and O–H groups in total. The van der Waals surface area contributed by atoms with Gasteiger partial charge in [0, 0.05) is 24.6 Å². The number of hydrogen-bond acceptors (Lipinski definition) is 4. The lowest BCUT2D eigenvalue weighted by Gasteiger charge is -2.08. The molecular weight excluding hydrogens is 341 g/mol. The molecule has 0 fully saturated rings. The molecule has 1 aromatic carbocycles. The van der Waals surface area contributed by atoms with Crippen LogP contribution in [0.3, 0.4) is 0 Å². The number of rotatable bonds is 9. The van der Waals surface area contributed by atoms with E-state index in [1.165, 1.54) is 24.3 Å². The molecule has 1 heterocycles. The van der Waals surface area contributed by atoms with Gasteiger partial charge in [-0.25, -0.2) is 9.07 Å². The van der Waals surface area contributed by atoms with E-state index in [4.69, 9.17) is 5.11 Å². The van der Waals surface area contributed by atoms with Crippen LogP contribution < -0.4 is 10.9 Å². The van der Waals surface area contributed by atoms with E-state index in [0.29, 0.717) is 37.1 Å². The van der Waals surface area contributed by atoms with Crippen molar-refractivity contribution in [3.05, 3.63) is 52.6 Å². The van der Waals surface area contributed by atoms with E-state index in [2.05, 4.69) is 10.4 Å². The molecule has 26 heavy (non-hydrogen) atoms. The van der Waals surface area contributed by atoms with Gasteiger partial charge in [0.1, 0.15) is 12.4 Å². The maximum Gasteiger partial charge on any atom is 0.303 e. The minimum Gasteiger partial charge on any atom is -0.481 e. The minimum atomic E-state index is -0.833. The average molecular weight is 361 g/mol. The lowest BCUT2D eigenvalue weighted by Crippen LogP contribution is -2.34. The van der Waals surface area contributed by atoms with Crippen LogP contribution >= 0.6 is 0 Å². The van der Waals surface area contributed by atoms with Gasteiger partial charge in [0.15, 0.2) is 0 Å². The first-order valence-corrected chi connectivity index (χ1v) is 8.28. The van der Waals surface area contributed by atoms with Gasteiger partial charge in [0.25, 0.3) is 5.56 Å². The number of benzene rings is 1. The molecule has 0 spiro atoms. The Morgan fingerprint density at radius 2 is 1.81 bits per heavy atom. The summed E-state index contributed by atoms with van der Waals surface area (Å²) < 4.78 is 14.0. The number of carbonyl (C=O) groups excluding carboxylic acids is 1. The quantitative estimate of drug-likeness (QED) is 0.664. The Morgan fingerprint density at radius 1 is 1.08 bits per heavy atom. The first kappa shape index (κ1) is 19.3. The predicted molar refractivity (Wildman–Crippen MR) is 93.0 cm³/mol. The highest BCUT2D eigenvalue weighted by Gasteiger charge is 2.08. The minimum absolute atomic E-state index is 0.115. The largest absolute Gasteiger partial charge is 0.481 e. The second-order valence-corrected chi connectivity index (χ2v) is 5.78. The molecule has 0 aliphatic carbocycles. The van der Waals surface area contributed by atoms with Gasteiger partial charge < -0.3 is 10.4 Å². The maximum absolute atomic E-state index is 13.0. The van der Waals surface area contributed by atoms with Crippen LogP contribution in [0, 0.1) is 5.82 Å². The molecule has 7 nitrogen and oxygen atoms in total. The Bertz CT molecular complexity index is 818. The van der Waals surface area contributed by atoms with E-state index in [1.54, 1.807) is 12.1 Å². The van der Waals surface area contributed by atoms with Crippen molar-refractivity contribution in [1.82, 2.24) is 15.1 Å². The van der Waals surface area contributed by atoms with Crippen molar-refractivity contribution < 1.29 is 19.1 Å². The number of amides is 1. The highest BCUT2D eigenvalue weighted by atomic mass is 19.1. The molecule has 0 saturated carbocycles. The number of halogens is 1. The number of nitrogens with one attached hydrogen (secondary N) is 1. The van der Waals surface area contributed by atoms with Gasteiger partial charge in [-0.1, -0.05) is 6.42 Å². The Hall–Kier alpha value is -3.03. The molecule has 0 atom stereocenters. The predicted octanol–water partition coefficient (Wildman–Crippen LogP) is 1.81. The Morgan fingerprint density at radius 3 is 2.50 bits per heavy atom. The Kier molecular flexibility index (Phi) is 7.02. The third kappa shape index (κ3) is 6.12. The van der Waals surface area contributed by atoms with Crippen LogP contribution in [0.5, 0.6) is 0 Å². The molecule has 1 amide bonds. The maximum atomic E-state index is 13.0. The van der Waals surface area contributed by atoms with Crippen LogP contribution in [0.1, 0.15) is 25.7 Å². The summed E-state index contributed by atoms with van der Waals surface area (Å²) in [6.07, 6.45) is 2.04. The van der Waals surface area contributed by atoms with Gasteiger partial charge in [0.05, 0.1) is 5.69 Å². The Labute approximate surface area is 149 Å². The summed E-state index contributed by atoms with van der Waals surface area (Å²) in [5, 5.41) is 15.4. The summed E-state index contributed by atoms with van der Waals surface area (Å²) in [6, 6.07) is 8.51. The SMILES string of the molecule is O=C(O)CCCCCNC(=O)Cn1nc(-c2ccc(F)cc2)ccc1=O. The fourth-order valence-corrected chi connectivity index (χ4v) is 2.33. The molecule has 0 saturated heterocycles. The van der Waals surface area contributed by atoms with Crippen molar-refractivity contribution in [2.24, 2.45) is 0 Å². The highest BCUT2D eigenvalue weighted by molar-refractivity contribution is 5.75. The number of nitrogens with zero attached hydrogens (tertiary/aromatic N) is 2. The first-order valence-electron chi connectivity index (χ1n) is 8.28. The Balaban J connectivity index is 1.89. The molecule has 0 unspecified atom stereocenters. The number of carbonyl (C=O) groups is 2. The van der Waals surface area contributed by atoms with Crippen molar-refractivity contribution in [2.45, 2.75) is 32.2 Å². The van der Waals surface area contributed by atoms with E-state index in [-0.39, 0.29) is 24.7 Å². The van der Waals surface area contributed by atoms with Gasteiger partial charge >= 0.3 is 5.97 Å². The van der Waals surface area contributed by atoms with Crippen molar-refractivity contribution in [3.8, 4) is 11.3 Å². The van der Waals surface area contributed by atoms with Crippen molar-refractivity contribution in [1.29, 1.82) is 0 Å². The second-order valence-electron chi connectivity index (χ2n) is 5.78. The topological polar surface area (TPSA) is 101 Å². The molecule has 2 aromatic rings. The summed E-state index contributed by atoms with van der Waals surface area (Å²) in [7, 11) is 0. The van der Waals surface area contributed by atoms with Gasteiger partial charge in [-0.15, -0.1) is 0 Å². The standard InChI is InChI=1S/C18H20FN3O4/c19-14-7-5-13(6-8-14)15-9-10-17(24)22(21-15)12-16(23)20-11-3-1-2-4-18(25)26/h5-10H,1-4,11-12H2,(H,20,23)(H,25,26). The normalized spacial score (nSPS) is 10.5. The van der Waals surface area contributed by atoms with Crippen LogP contribution in [0.15, 0.2) is 41.2 Å². The van der Waals surface area contributed by atoms with Crippen LogP contribution in [0.2, 0.25) is 0 Å². The summed E-state index contributed by atoms with van der Waals surface area (Å²) in [5.74, 6) is -1.56. The van der Waals surface area contributed by atoms with E-state index in [0.717, 1.165) is 4.68 Å². The number of carboxylic acids is 1. The van der Waals surface area contributed by atoms with Gasteiger partial charge in [-0.2, -0.15) is 5.10 Å². The second kappa shape index (κ2) is 9.45. The first-order chi connectivity index (χ1) is 12.5. The lowest BCUT2D eigenvalue weighted by molar-refractivity contribution is -0.137. The molecule has 8 heteroatoms. The van der Waals surface area contributed by atoms with Crippen molar-refractivity contribution in [2.75, 3.05) is 6.54 Å². The molecule has 0 radical (unpaired) electrons. The van der Waals surface area contributed by atoms with Crippen LogP contribution in [-0.2, 0) is 16.1 Å². The zero-order valence-corrected chi connectivity index (χ0v) is 14.2. The summed E-state index contributed by atoms with van der Waals surface area (Å²) in [6.45, 7) is 0.188. The van der Waals surface area contributed by atoms with Crippen LogP contribution in [0.25, 0.3) is 11.3 Å². The monoisotopic (exact) mass is 361 g/mol. The number of aromatic nitrogens is 2. The lowest BCUT2D eigenvalue weighted by atomic mass is 10.1.